The van der Waals surface area contributed by atoms with E-state index in [4.69, 9.17) is 11.6 Å². The van der Waals surface area contributed by atoms with E-state index in [1.165, 1.54) is 35.6 Å². The van der Waals surface area contributed by atoms with Gasteiger partial charge in [-0.15, -0.1) is 0 Å². The van der Waals surface area contributed by atoms with Crippen LogP contribution >= 0.6 is 23.4 Å². The number of amides is 1. The zero-order chi connectivity index (χ0) is 21.6. The second kappa shape index (κ2) is 9.98. The SMILES string of the molecule is O=C(CSc1nccnc1N1CCN(c2ccccc2)CC1)Nc1ccc(Cl)cc1F. The fourth-order valence-corrected chi connectivity index (χ4v) is 4.31. The number of hydrogen-bond acceptors (Lipinski definition) is 6. The molecule has 31 heavy (non-hydrogen) atoms. The van der Waals surface area contributed by atoms with Crippen LogP contribution in [0.4, 0.5) is 21.6 Å². The van der Waals surface area contributed by atoms with E-state index >= 15 is 0 Å². The highest BCUT2D eigenvalue weighted by molar-refractivity contribution is 8.00. The number of rotatable bonds is 6. The molecule has 9 heteroatoms. The Bertz CT molecular complexity index is 1050. The molecule has 0 saturated carbocycles. The van der Waals surface area contributed by atoms with Gasteiger partial charge in [-0.2, -0.15) is 0 Å². The van der Waals surface area contributed by atoms with Crippen LogP contribution in [0.15, 0.2) is 66.0 Å². The van der Waals surface area contributed by atoms with Crippen LogP contribution in [-0.2, 0) is 4.79 Å². The third kappa shape index (κ3) is 5.45. The summed E-state index contributed by atoms with van der Waals surface area (Å²) in [5.41, 5.74) is 1.31. The molecule has 1 amide bonds. The minimum absolute atomic E-state index is 0.0950. The molecule has 3 aromatic rings. The van der Waals surface area contributed by atoms with Crippen molar-refractivity contribution in [3.8, 4) is 0 Å². The Morgan fingerprint density at radius 3 is 2.48 bits per heavy atom. The number of nitrogens with zero attached hydrogens (tertiary/aromatic N) is 4. The highest BCUT2D eigenvalue weighted by Crippen LogP contribution is 2.28. The van der Waals surface area contributed by atoms with Crippen LogP contribution < -0.4 is 15.1 Å². The van der Waals surface area contributed by atoms with Crippen LogP contribution in [0.25, 0.3) is 0 Å². The first-order chi connectivity index (χ1) is 15.1. The molecule has 2 aromatic carbocycles. The molecule has 2 heterocycles. The number of nitrogens with one attached hydrogen (secondary N) is 1. The summed E-state index contributed by atoms with van der Waals surface area (Å²) in [6, 6.07) is 14.5. The molecule has 0 spiro atoms. The molecule has 0 bridgehead atoms. The van der Waals surface area contributed by atoms with Crippen molar-refractivity contribution in [2.24, 2.45) is 0 Å². The maximum absolute atomic E-state index is 13.9. The summed E-state index contributed by atoms with van der Waals surface area (Å²) in [4.78, 5) is 25.8. The van der Waals surface area contributed by atoms with Gasteiger partial charge in [0, 0.05) is 49.3 Å². The molecule has 1 saturated heterocycles. The van der Waals surface area contributed by atoms with Crippen molar-refractivity contribution in [2.75, 3.05) is 47.0 Å². The Morgan fingerprint density at radius 1 is 1.03 bits per heavy atom. The van der Waals surface area contributed by atoms with E-state index < -0.39 is 5.82 Å². The number of para-hydroxylation sites is 1. The standard InChI is InChI=1S/C22H21ClFN5OS/c23-16-6-7-19(18(24)14-16)27-20(30)15-31-22-21(25-8-9-26-22)29-12-10-28(11-13-29)17-4-2-1-3-5-17/h1-9,14H,10-13,15H2,(H,27,30). The van der Waals surface area contributed by atoms with Crippen molar-refractivity contribution < 1.29 is 9.18 Å². The monoisotopic (exact) mass is 457 g/mol. The lowest BCUT2D eigenvalue weighted by Gasteiger charge is -2.37. The van der Waals surface area contributed by atoms with Gasteiger partial charge in [-0.1, -0.05) is 41.6 Å². The Hall–Kier alpha value is -2.84. The smallest absolute Gasteiger partial charge is 0.234 e. The van der Waals surface area contributed by atoms with E-state index in [9.17, 15) is 9.18 Å². The summed E-state index contributed by atoms with van der Waals surface area (Å²) in [5.74, 6) is -0.0256. The Balaban J connectivity index is 1.36. The van der Waals surface area contributed by atoms with E-state index in [2.05, 4.69) is 37.2 Å². The molecular formula is C22H21ClFN5OS. The first-order valence-corrected chi connectivity index (χ1v) is 11.2. The van der Waals surface area contributed by atoms with Crippen LogP contribution in [0.2, 0.25) is 5.02 Å². The first kappa shape index (κ1) is 21.4. The van der Waals surface area contributed by atoms with E-state index in [-0.39, 0.29) is 22.4 Å². The third-order valence-electron chi connectivity index (χ3n) is 4.89. The molecular weight excluding hydrogens is 437 g/mol. The summed E-state index contributed by atoms with van der Waals surface area (Å²) in [6.45, 7) is 3.37. The average molecular weight is 458 g/mol. The number of hydrogen-bond donors (Lipinski definition) is 1. The molecule has 0 atom stereocenters. The van der Waals surface area contributed by atoms with Gasteiger partial charge in [-0.25, -0.2) is 14.4 Å². The summed E-state index contributed by atoms with van der Waals surface area (Å²) in [7, 11) is 0. The lowest BCUT2D eigenvalue weighted by molar-refractivity contribution is -0.113. The Kier molecular flexibility index (Phi) is 6.89. The van der Waals surface area contributed by atoms with Crippen molar-refractivity contribution in [1.29, 1.82) is 0 Å². The van der Waals surface area contributed by atoms with Crippen LogP contribution in [0.3, 0.4) is 0 Å². The molecule has 1 N–H and O–H groups in total. The van der Waals surface area contributed by atoms with Crippen LogP contribution in [0.1, 0.15) is 0 Å². The summed E-state index contributed by atoms with van der Waals surface area (Å²) in [6.07, 6.45) is 3.27. The van der Waals surface area contributed by atoms with Gasteiger partial charge in [0.1, 0.15) is 10.8 Å². The molecule has 1 aromatic heterocycles. The topological polar surface area (TPSA) is 61.4 Å². The van der Waals surface area contributed by atoms with Gasteiger partial charge in [-0.05, 0) is 30.3 Å². The van der Waals surface area contributed by atoms with Gasteiger partial charge in [0.05, 0.1) is 11.4 Å². The predicted molar refractivity (Wildman–Crippen MR) is 124 cm³/mol. The van der Waals surface area contributed by atoms with Gasteiger partial charge < -0.3 is 15.1 Å². The van der Waals surface area contributed by atoms with E-state index in [1.807, 2.05) is 18.2 Å². The fourth-order valence-electron chi connectivity index (χ4n) is 3.36. The van der Waals surface area contributed by atoms with Crippen molar-refractivity contribution in [3.63, 3.8) is 0 Å². The second-order valence-corrected chi connectivity index (χ2v) is 8.36. The van der Waals surface area contributed by atoms with Crippen LogP contribution in [-0.4, -0.2) is 47.8 Å². The van der Waals surface area contributed by atoms with E-state index in [0.717, 1.165) is 32.0 Å². The van der Waals surface area contributed by atoms with Crippen molar-refractivity contribution >= 4 is 46.5 Å². The molecule has 4 rings (SSSR count). The maximum atomic E-state index is 13.9. The number of halogens is 2. The van der Waals surface area contributed by atoms with Crippen LogP contribution in [0, 0.1) is 5.82 Å². The van der Waals surface area contributed by atoms with Gasteiger partial charge in [-0.3, -0.25) is 4.79 Å². The number of thioether (sulfide) groups is 1. The number of anilines is 3. The minimum Gasteiger partial charge on any atom is -0.368 e. The molecule has 160 valence electrons. The molecule has 1 aliphatic heterocycles. The molecule has 0 unspecified atom stereocenters. The van der Waals surface area contributed by atoms with Crippen molar-refractivity contribution in [2.45, 2.75) is 5.03 Å². The zero-order valence-corrected chi connectivity index (χ0v) is 18.2. The van der Waals surface area contributed by atoms with E-state index in [1.54, 1.807) is 12.4 Å². The highest BCUT2D eigenvalue weighted by Gasteiger charge is 2.21. The Morgan fingerprint density at radius 2 is 1.74 bits per heavy atom. The van der Waals surface area contributed by atoms with E-state index in [0.29, 0.717) is 5.03 Å². The zero-order valence-electron chi connectivity index (χ0n) is 16.7. The van der Waals surface area contributed by atoms with Crippen molar-refractivity contribution in [3.05, 3.63) is 71.8 Å². The average Bonchev–Trinajstić information content (AvgIpc) is 2.80. The lowest BCUT2D eigenvalue weighted by atomic mass is 10.2. The van der Waals surface area contributed by atoms with Gasteiger partial charge >= 0.3 is 0 Å². The Labute approximate surface area is 189 Å². The van der Waals surface area contributed by atoms with Crippen molar-refractivity contribution in [1.82, 2.24) is 9.97 Å². The number of aromatic nitrogens is 2. The first-order valence-electron chi connectivity index (χ1n) is 9.84. The molecule has 6 nitrogen and oxygen atoms in total. The molecule has 0 radical (unpaired) electrons. The lowest BCUT2D eigenvalue weighted by Crippen LogP contribution is -2.47. The third-order valence-corrected chi connectivity index (χ3v) is 6.10. The number of carbonyl (C=O) groups is 1. The largest absolute Gasteiger partial charge is 0.368 e. The van der Waals surface area contributed by atoms with Gasteiger partial charge in [0.25, 0.3) is 0 Å². The minimum atomic E-state index is -0.567. The molecule has 0 aliphatic carbocycles. The normalized spacial score (nSPS) is 13.9. The summed E-state index contributed by atoms with van der Waals surface area (Å²) < 4.78 is 13.9. The molecule has 1 fully saturated rings. The summed E-state index contributed by atoms with van der Waals surface area (Å²) in [5, 5.41) is 3.53. The number of carbonyl (C=O) groups excluding carboxylic acids is 1. The predicted octanol–water partition coefficient (Wildman–Crippen LogP) is 4.33. The number of benzene rings is 2. The molecule has 1 aliphatic rings. The second-order valence-electron chi connectivity index (χ2n) is 6.96. The maximum Gasteiger partial charge on any atom is 0.234 e. The van der Waals surface area contributed by atoms with Gasteiger partial charge in [0.15, 0.2) is 5.82 Å². The van der Waals surface area contributed by atoms with Crippen LogP contribution in [0.5, 0.6) is 0 Å². The van der Waals surface area contributed by atoms with Gasteiger partial charge in [0.2, 0.25) is 5.91 Å². The summed E-state index contributed by atoms with van der Waals surface area (Å²) >= 11 is 7.03. The highest BCUT2D eigenvalue weighted by atomic mass is 35.5. The quantitative estimate of drug-likeness (QED) is 0.556. The number of piperazine rings is 1. The fraction of sp³-hybridized carbons (Fsp3) is 0.227.